The van der Waals surface area contributed by atoms with Crippen LogP contribution >= 0.6 is 12.6 Å². The van der Waals surface area contributed by atoms with Gasteiger partial charge in [0, 0.05) is 24.8 Å². The summed E-state index contributed by atoms with van der Waals surface area (Å²) in [6, 6.07) is 0. The highest BCUT2D eigenvalue weighted by Gasteiger charge is 2.48. The van der Waals surface area contributed by atoms with Crippen molar-refractivity contribution in [1.29, 1.82) is 0 Å². The molecule has 0 N–H and O–H groups in total. The highest BCUT2D eigenvalue weighted by Crippen LogP contribution is 2.52. The lowest BCUT2D eigenvalue weighted by atomic mass is 10.1. The number of nitrogens with zero attached hydrogens (tertiary/aromatic N) is 1. The summed E-state index contributed by atoms with van der Waals surface area (Å²) in [5, 5.41) is 0. The zero-order chi connectivity index (χ0) is 9.47. The Kier molecular flexibility index (Phi) is 2.30. The maximum absolute atomic E-state index is 11.8. The molecule has 2 fully saturated rings. The van der Waals surface area contributed by atoms with E-state index < -0.39 is 0 Å². The molecule has 0 aromatic rings. The molecule has 1 heterocycles. The Morgan fingerprint density at radius 1 is 1.54 bits per heavy atom. The Hall–Kier alpha value is -0.180. The van der Waals surface area contributed by atoms with Crippen LogP contribution in [0.4, 0.5) is 0 Å². The molecule has 1 unspecified atom stereocenters. The smallest absolute Gasteiger partial charge is 0.226 e. The van der Waals surface area contributed by atoms with Gasteiger partial charge >= 0.3 is 0 Å². The van der Waals surface area contributed by atoms with Gasteiger partial charge in [0.2, 0.25) is 5.91 Å². The van der Waals surface area contributed by atoms with Gasteiger partial charge in [-0.2, -0.15) is 12.6 Å². The lowest BCUT2D eigenvalue weighted by Gasteiger charge is -2.19. The Bertz CT molecular complexity index is 225. The van der Waals surface area contributed by atoms with Crippen LogP contribution in [-0.4, -0.2) is 29.6 Å². The zero-order valence-electron chi connectivity index (χ0n) is 8.12. The van der Waals surface area contributed by atoms with Crippen molar-refractivity contribution in [2.45, 2.75) is 26.2 Å². The summed E-state index contributed by atoms with van der Waals surface area (Å²) in [4.78, 5) is 13.8. The third kappa shape index (κ3) is 1.71. The molecular weight excluding hydrogens is 182 g/mol. The standard InChI is InChI=1S/C10H17NOS/c1-8(6-13)9(12)11-5-4-10(7-11)2-3-10/h8,13H,2-7H2,1H3. The van der Waals surface area contributed by atoms with Crippen molar-refractivity contribution < 1.29 is 4.79 Å². The van der Waals surface area contributed by atoms with Crippen LogP contribution in [0.5, 0.6) is 0 Å². The molecule has 0 aromatic carbocycles. The quantitative estimate of drug-likeness (QED) is 0.669. The van der Waals surface area contributed by atoms with Crippen molar-refractivity contribution >= 4 is 18.5 Å². The molecule has 1 saturated heterocycles. The van der Waals surface area contributed by atoms with Crippen LogP contribution < -0.4 is 0 Å². The summed E-state index contributed by atoms with van der Waals surface area (Å²) in [5.74, 6) is 1.07. The van der Waals surface area contributed by atoms with Crippen molar-refractivity contribution in [2.75, 3.05) is 18.8 Å². The van der Waals surface area contributed by atoms with E-state index in [4.69, 9.17) is 0 Å². The maximum atomic E-state index is 11.8. The Labute approximate surface area is 85.1 Å². The van der Waals surface area contributed by atoms with Gasteiger partial charge in [0.1, 0.15) is 0 Å². The summed E-state index contributed by atoms with van der Waals surface area (Å²) in [5.41, 5.74) is 0.561. The SMILES string of the molecule is CC(CS)C(=O)N1CCC2(CC2)C1. The highest BCUT2D eigenvalue weighted by atomic mass is 32.1. The average molecular weight is 199 g/mol. The molecule has 1 aliphatic heterocycles. The van der Waals surface area contributed by atoms with E-state index in [0.717, 1.165) is 13.1 Å². The first-order valence-corrected chi connectivity index (χ1v) is 5.70. The third-order valence-electron chi connectivity index (χ3n) is 3.40. The van der Waals surface area contributed by atoms with Crippen LogP contribution in [0, 0.1) is 11.3 Å². The van der Waals surface area contributed by atoms with Gasteiger partial charge in [0.05, 0.1) is 0 Å². The molecular formula is C10H17NOS. The number of rotatable bonds is 2. The van der Waals surface area contributed by atoms with E-state index in [2.05, 4.69) is 12.6 Å². The molecule has 2 aliphatic rings. The number of carbonyl (C=O) groups is 1. The number of hydrogen-bond donors (Lipinski definition) is 1. The monoisotopic (exact) mass is 199 g/mol. The van der Waals surface area contributed by atoms with E-state index in [0.29, 0.717) is 17.1 Å². The Morgan fingerprint density at radius 3 is 2.69 bits per heavy atom. The summed E-state index contributed by atoms with van der Waals surface area (Å²) in [6.45, 7) is 3.97. The second-order valence-corrected chi connectivity index (χ2v) is 4.96. The van der Waals surface area contributed by atoms with Gasteiger partial charge in [0.25, 0.3) is 0 Å². The van der Waals surface area contributed by atoms with Gasteiger partial charge in [-0.05, 0) is 24.7 Å². The number of amides is 1. The number of carbonyl (C=O) groups excluding carboxylic acids is 1. The van der Waals surface area contributed by atoms with Crippen molar-refractivity contribution in [2.24, 2.45) is 11.3 Å². The predicted octanol–water partition coefficient (Wildman–Crippen LogP) is 1.56. The molecule has 1 amide bonds. The third-order valence-corrected chi connectivity index (χ3v) is 3.95. The molecule has 0 bridgehead atoms. The van der Waals surface area contributed by atoms with Gasteiger partial charge in [-0.1, -0.05) is 6.92 Å². The van der Waals surface area contributed by atoms with Crippen LogP contribution in [0.2, 0.25) is 0 Å². The number of likely N-dealkylation sites (tertiary alicyclic amines) is 1. The molecule has 1 aliphatic carbocycles. The van der Waals surface area contributed by atoms with Crippen LogP contribution in [0.1, 0.15) is 26.2 Å². The molecule has 1 spiro atoms. The van der Waals surface area contributed by atoms with Crippen molar-refractivity contribution in [1.82, 2.24) is 4.90 Å². The van der Waals surface area contributed by atoms with Crippen molar-refractivity contribution in [3.05, 3.63) is 0 Å². The van der Waals surface area contributed by atoms with Gasteiger partial charge < -0.3 is 4.90 Å². The average Bonchev–Trinajstić information content (AvgIpc) is 2.74. The van der Waals surface area contributed by atoms with Crippen LogP contribution in [-0.2, 0) is 4.79 Å². The fourth-order valence-electron chi connectivity index (χ4n) is 2.10. The lowest BCUT2D eigenvalue weighted by Crippen LogP contribution is -2.34. The highest BCUT2D eigenvalue weighted by molar-refractivity contribution is 7.80. The molecule has 2 nitrogen and oxygen atoms in total. The summed E-state index contributed by atoms with van der Waals surface area (Å²) in [7, 11) is 0. The van der Waals surface area contributed by atoms with E-state index in [-0.39, 0.29) is 5.92 Å². The summed E-state index contributed by atoms with van der Waals surface area (Å²) < 4.78 is 0. The van der Waals surface area contributed by atoms with Crippen LogP contribution in [0.25, 0.3) is 0 Å². The Morgan fingerprint density at radius 2 is 2.23 bits per heavy atom. The summed E-state index contributed by atoms with van der Waals surface area (Å²) in [6.07, 6.45) is 3.91. The molecule has 0 aromatic heterocycles. The van der Waals surface area contributed by atoms with E-state index in [9.17, 15) is 4.79 Å². The molecule has 3 heteroatoms. The van der Waals surface area contributed by atoms with Crippen LogP contribution in [0.3, 0.4) is 0 Å². The van der Waals surface area contributed by atoms with Gasteiger partial charge in [0.15, 0.2) is 0 Å². The van der Waals surface area contributed by atoms with Gasteiger partial charge in [-0.15, -0.1) is 0 Å². The fourth-order valence-corrected chi connectivity index (χ4v) is 2.25. The number of thiol groups is 1. The Balaban J connectivity index is 1.91. The maximum Gasteiger partial charge on any atom is 0.226 e. The van der Waals surface area contributed by atoms with E-state index in [1.165, 1.54) is 19.3 Å². The molecule has 0 radical (unpaired) electrons. The van der Waals surface area contributed by atoms with Crippen molar-refractivity contribution in [3.8, 4) is 0 Å². The second-order valence-electron chi connectivity index (χ2n) is 4.59. The second kappa shape index (κ2) is 3.19. The fraction of sp³-hybridized carbons (Fsp3) is 0.900. The van der Waals surface area contributed by atoms with Crippen molar-refractivity contribution in [3.63, 3.8) is 0 Å². The van der Waals surface area contributed by atoms with E-state index in [1.54, 1.807) is 0 Å². The first-order chi connectivity index (χ1) is 6.17. The molecule has 74 valence electrons. The minimum Gasteiger partial charge on any atom is -0.342 e. The first-order valence-electron chi connectivity index (χ1n) is 5.06. The molecule has 13 heavy (non-hydrogen) atoms. The topological polar surface area (TPSA) is 20.3 Å². The molecule has 2 rings (SSSR count). The van der Waals surface area contributed by atoms with E-state index >= 15 is 0 Å². The number of hydrogen-bond acceptors (Lipinski definition) is 2. The minimum atomic E-state index is 0.0947. The molecule has 1 saturated carbocycles. The predicted molar refractivity (Wildman–Crippen MR) is 55.9 cm³/mol. The minimum absolute atomic E-state index is 0.0947. The molecule has 1 atom stereocenters. The summed E-state index contributed by atoms with van der Waals surface area (Å²) >= 11 is 4.16. The van der Waals surface area contributed by atoms with Gasteiger partial charge in [-0.25, -0.2) is 0 Å². The van der Waals surface area contributed by atoms with Gasteiger partial charge in [-0.3, -0.25) is 4.79 Å². The van der Waals surface area contributed by atoms with Crippen LogP contribution in [0.15, 0.2) is 0 Å². The normalized spacial score (nSPS) is 26.5. The first kappa shape index (κ1) is 9.38. The largest absolute Gasteiger partial charge is 0.342 e. The lowest BCUT2D eigenvalue weighted by molar-refractivity contribution is -0.133. The zero-order valence-corrected chi connectivity index (χ0v) is 9.02. The van der Waals surface area contributed by atoms with E-state index in [1.807, 2.05) is 11.8 Å².